The highest BCUT2D eigenvalue weighted by atomic mass is 16.5. The maximum Gasteiger partial charge on any atom is 0.257 e. The highest BCUT2D eigenvalue weighted by molar-refractivity contribution is 5.45. The van der Waals surface area contributed by atoms with E-state index in [1.165, 1.54) is 6.26 Å². The molecule has 3 heterocycles. The van der Waals surface area contributed by atoms with E-state index in [1.807, 2.05) is 14.0 Å². The van der Waals surface area contributed by atoms with Gasteiger partial charge in [0, 0.05) is 19.2 Å². The lowest BCUT2D eigenvalue weighted by Crippen LogP contribution is -2.40. The fraction of sp³-hybridized carbons (Fsp3) is 0.545. The molecule has 0 aliphatic carbocycles. The zero-order valence-electron chi connectivity index (χ0n) is 10.2. The Hall–Kier alpha value is -1.73. The summed E-state index contributed by atoms with van der Waals surface area (Å²) >= 11 is 0. The molecule has 2 aromatic rings. The Labute approximate surface area is 104 Å². The summed E-state index contributed by atoms with van der Waals surface area (Å²) in [5.74, 6) is 0.898. The number of nitrogens with zero attached hydrogens (tertiary/aromatic N) is 4. The van der Waals surface area contributed by atoms with Crippen molar-refractivity contribution in [1.82, 2.24) is 20.2 Å². The molecule has 0 unspecified atom stereocenters. The van der Waals surface area contributed by atoms with Crippen LogP contribution < -0.4 is 0 Å². The Balaban J connectivity index is 1.80. The van der Waals surface area contributed by atoms with E-state index in [0.29, 0.717) is 17.4 Å². The van der Waals surface area contributed by atoms with Gasteiger partial charge in [-0.25, -0.2) is 0 Å². The molecule has 2 aromatic heterocycles. The Kier molecular flexibility index (Phi) is 2.85. The van der Waals surface area contributed by atoms with Crippen LogP contribution in [0.2, 0.25) is 0 Å². The van der Waals surface area contributed by atoms with Gasteiger partial charge in [0.15, 0.2) is 5.69 Å². The zero-order chi connectivity index (χ0) is 12.5. The van der Waals surface area contributed by atoms with Gasteiger partial charge in [-0.2, -0.15) is 4.98 Å². The van der Waals surface area contributed by atoms with Crippen molar-refractivity contribution in [1.29, 1.82) is 0 Å². The van der Waals surface area contributed by atoms with E-state index in [2.05, 4.69) is 20.2 Å². The van der Waals surface area contributed by atoms with Crippen molar-refractivity contribution in [2.45, 2.75) is 19.1 Å². The van der Waals surface area contributed by atoms with Gasteiger partial charge >= 0.3 is 0 Å². The van der Waals surface area contributed by atoms with E-state index in [4.69, 9.17) is 13.8 Å². The lowest BCUT2D eigenvalue weighted by Gasteiger charge is -2.32. The molecule has 0 spiro atoms. The van der Waals surface area contributed by atoms with Crippen LogP contribution in [0.25, 0.3) is 11.5 Å². The Morgan fingerprint density at radius 1 is 1.33 bits per heavy atom. The molecule has 0 bridgehead atoms. The summed E-state index contributed by atoms with van der Waals surface area (Å²) in [7, 11) is 2.04. The van der Waals surface area contributed by atoms with Crippen LogP contribution in [-0.4, -0.2) is 46.4 Å². The largest absolute Gasteiger partial charge is 0.364 e. The molecule has 0 amide bonds. The summed E-state index contributed by atoms with van der Waals surface area (Å²) < 4.78 is 15.8. The fourth-order valence-corrected chi connectivity index (χ4v) is 2.10. The molecular weight excluding hydrogens is 236 g/mol. The quantitative estimate of drug-likeness (QED) is 0.790. The summed E-state index contributed by atoms with van der Waals surface area (Å²) in [6.45, 7) is 3.67. The van der Waals surface area contributed by atoms with Crippen molar-refractivity contribution < 1.29 is 13.8 Å². The molecule has 0 aromatic carbocycles. The van der Waals surface area contributed by atoms with E-state index >= 15 is 0 Å². The number of rotatable bonds is 2. The van der Waals surface area contributed by atoms with Crippen LogP contribution >= 0.6 is 0 Å². The number of ether oxygens (including phenoxy) is 1. The van der Waals surface area contributed by atoms with Gasteiger partial charge in [0.2, 0.25) is 5.82 Å². The molecule has 1 fully saturated rings. The number of morpholine rings is 1. The molecule has 18 heavy (non-hydrogen) atoms. The molecule has 2 atom stereocenters. The summed E-state index contributed by atoms with van der Waals surface area (Å²) in [6, 6.07) is 1.69. The first-order chi connectivity index (χ1) is 8.72. The van der Waals surface area contributed by atoms with Crippen LogP contribution in [0.1, 0.15) is 18.9 Å². The summed E-state index contributed by atoms with van der Waals surface area (Å²) in [4.78, 5) is 6.47. The second-order valence-corrected chi connectivity index (χ2v) is 4.50. The number of hydrogen-bond donors (Lipinski definition) is 0. The number of hydrogen-bond acceptors (Lipinski definition) is 7. The second-order valence-electron chi connectivity index (χ2n) is 4.50. The monoisotopic (exact) mass is 250 g/mol. The number of likely N-dealkylation sites (N-methyl/N-ethyl adjacent to an activating group) is 1. The lowest BCUT2D eigenvalue weighted by molar-refractivity contribution is -0.0838. The van der Waals surface area contributed by atoms with Crippen molar-refractivity contribution in [2.75, 3.05) is 20.1 Å². The highest BCUT2D eigenvalue weighted by Crippen LogP contribution is 2.24. The second kappa shape index (κ2) is 4.51. The highest BCUT2D eigenvalue weighted by Gasteiger charge is 2.29. The standard InChI is InChI=1S/C11H14N4O3/c1-7-5-15(2)6-9(17-7)11-12-10(14-18-11)8-3-4-16-13-8/h3-4,7,9H,5-6H2,1-2H3/t7-,9-/m1/s1. The fourth-order valence-electron chi connectivity index (χ4n) is 2.10. The van der Waals surface area contributed by atoms with Crippen LogP contribution in [0.5, 0.6) is 0 Å². The number of aromatic nitrogens is 3. The molecule has 7 heteroatoms. The van der Waals surface area contributed by atoms with Crippen LogP contribution in [0, 0.1) is 0 Å². The SMILES string of the molecule is C[C@@H]1CN(C)C[C@H](c2nc(-c3ccon3)no2)O1. The van der Waals surface area contributed by atoms with Gasteiger partial charge in [-0.05, 0) is 14.0 Å². The van der Waals surface area contributed by atoms with Crippen LogP contribution in [0.4, 0.5) is 0 Å². The first-order valence-electron chi connectivity index (χ1n) is 5.81. The maximum absolute atomic E-state index is 5.79. The molecule has 0 radical (unpaired) electrons. The maximum atomic E-state index is 5.79. The molecule has 1 saturated heterocycles. The topological polar surface area (TPSA) is 77.4 Å². The van der Waals surface area contributed by atoms with Crippen LogP contribution in [0.15, 0.2) is 21.4 Å². The normalized spacial score (nSPS) is 25.4. The molecule has 1 aliphatic rings. The molecule has 0 saturated carbocycles. The van der Waals surface area contributed by atoms with E-state index in [0.717, 1.165) is 13.1 Å². The van der Waals surface area contributed by atoms with Gasteiger partial charge in [-0.1, -0.05) is 10.3 Å². The third-order valence-electron chi connectivity index (χ3n) is 2.83. The lowest BCUT2D eigenvalue weighted by atomic mass is 10.2. The third-order valence-corrected chi connectivity index (χ3v) is 2.83. The van der Waals surface area contributed by atoms with Crippen molar-refractivity contribution >= 4 is 0 Å². The average Bonchev–Trinajstić information content (AvgIpc) is 2.99. The zero-order valence-corrected chi connectivity index (χ0v) is 10.2. The Bertz CT molecular complexity index is 500. The van der Waals surface area contributed by atoms with E-state index < -0.39 is 0 Å². The Morgan fingerprint density at radius 2 is 2.22 bits per heavy atom. The minimum Gasteiger partial charge on any atom is -0.364 e. The Morgan fingerprint density at radius 3 is 2.94 bits per heavy atom. The molecule has 7 nitrogen and oxygen atoms in total. The molecular formula is C11H14N4O3. The summed E-state index contributed by atoms with van der Waals surface area (Å²) in [5.41, 5.74) is 0.558. The smallest absolute Gasteiger partial charge is 0.257 e. The predicted molar refractivity (Wildman–Crippen MR) is 60.6 cm³/mol. The van der Waals surface area contributed by atoms with Crippen LogP contribution in [-0.2, 0) is 4.74 Å². The molecule has 3 rings (SSSR count). The first kappa shape index (κ1) is 11.4. The van der Waals surface area contributed by atoms with Crippen molar-refractivity contribution in [2.24, 2.45) is 0 Å². The summed E-state index contributed by atoms with van der Waals surface area (Å²) in [6.07, 6.45) is 1.43. The van der Waals surface area contributed by atoms with Crippen molar-refractivity contribution in [3.8, 4) is 11.5 Å². The van der Waals surface area contributed by atoms with E-state index in [1.54, 1.807) is 6.07 Å². The van der Waals surface area contributed by atoms with Crippen LogP contribution in [0.3, 0.4) is 0 Å². The van der Waals surface area contributed by atoms with Gasteiger partial charge in [0.1, 0.15) is 12.4 Å². The average molecular weight is 250 g/mol. The van der Waals surface area contributed by atoms with Crippen molar-refractivity contribution in [3.63, 3.8) is 0 Å². The minimum atomic E-state index is -0.188. The minimum absolute atomic E-state index is 0.149. The van der Waals surface area contributed by atoms with E-state index in [9.17, 15) is 0 Å². The summed E-state index contributed by atoms with van der Waals surface area (Å²) in [5, 5.41) is 7.64. The van der Waals surface area contributed by atoms with Gasteiger partial charge in [-0.3, -0.25) is 0 Å². The first-order valence-corrected chi connectivity index (χ1v) is 5.81. The van der Waals surface area contributed by atoms with Gasteiger partial charge in [-0.15, -0.1) is 0 Å². The van der Waals surface area contributed by atoms with E-state index in [-0.39, 0.29) is 12.2 Å². The molecule has 1 aliphatic heterocycles. The molecule has 0 N–H and O–H groups in total. The third kappa shape index (κ3) is 2.14. The molecule has 96 valence electrons. The van der Waals surface area contributed by atoms with Crippen molar-refractivity contribution in [3.05, 3.63) is 18.2 Å². The van der Waals surface area contributed by atoms with Gasteiger partial charge < -0.3 is 18.7 Å². The van der Waals surface area contributed by atoms with Gasteiger partial charge in [0.05, 0.1) is 6.10 Å². The van der Waals surface area contributed by atoms with Gasteiger partial charge in [0.25, 0.3) is 5.89 Å². The predicted octanol–water partition coefficient (Wildman–Crippen LogP) is 1.12.